The molecule has 1 aromatic heterocycles. The van der Waals surface area contributed by atoms with Crippen molar-refractivity contribution in [2.75, 3.05) is 6.54 Å². The van der Waals surface area contributed by atoms with Crippen molar-refractivity contribution >= 4 is 6.29 Å². The zero-order valence-electron chi connectivity index (χ0n) is 8.26. The number of aliphatic hydroxyl groups is 2. The molecule has 1 aromatic rings. The highest BCUT2D eigenvalue weighted by Gasteiger charge is 2.21. The van der Waals surface area contributed by atoms with Crippen molar-refractivity contribution in [1.29, 1.82) is 0 Å². The van der Waals surface area contributed by atoms with Crippen LogP contribution in [0.5, 0.6) is 0 Å². The van der Waals surface area contributed by atoms with Gasteiger partial charge >= 0.3 is 0 Å². The van der Waals surface area contributed by atoms with Gasteiger partial charge in [-0.2, -0.15) is 0 Å². The van der Waals surface area contributed by atoms with Crippen LogP contribution < -0.4 is 0 Å². The molecule has 0 radical (unpaired) electrons. The Bertz CT molecular complexity index is 417. The van der Waals surface area contributed by atoms with Crippen LogP contribution in [0.2, 0.25) is 0 Å². The van der Waals surface area contributed by atoms with Gasteiger partial charge in [-0.05, 0) is 17.7 Å². The highest BCUT2D eigenvalue weighted by molar-refractivity contribution is 5.76. The molecule has 0 bridgehead atoms. The minimum atomic E-state index is -1.35. The number of carbonyl (C=O) groups is 1. The minimum Gasteiger partial charge on any atom is -0.390 e. The van der Waals surface area contributed by atoms with Crippen molar-refractivity contribution in [3.05, 3.63) is 40.0 Å². The van der Waals surface area contributed by atoms with Gasteiger partial charge in [0.2, 0.25) is 0 Å². The Hall–Kier alpha value is -1.95. The predicted molar refractivity (Wildman–Crippen MR) is 54.6 cm³/mol. The summed E-state index contributed by atoms with van der Waals surface area (Å²) >= 11 is 0. The molecular formula is C9H10N4O3. The third-order valence-electron chi connectivity index (χ3n) is 1.97. The molecular weight excluding hydrogens is 212 g/mol. The summed E-state index contributed by atoms with van der Waals surface area (Å²) < 4.78 is 0. The van der Waals surface area contributed by atoms with Gasteiger partial charge in [-0.15, -0.1) is 0 Å². The average Bonchev–Trinajstić information content (AvgIpc) is 2.34. The summed E-state index contributed by atoms with van der Waals surface area (Å²) in [4.78, 5) is 16.9. The molecule has 2 N–H and O–H groups in total. The number of aliphatic hydroxyl groups excluding tert-OH is 2. The summed E-state index contributed by atoms with van der Waals surface area (Å²) in [6.45, 7) is -0.285. The molecule has 0 aliphatic heterocycles. The molecule has 2 unspecified atom stereocenters. The fraction of sp³-hybridized carbons (Fsp3) is 0.333. The van der Waals surface area contributed by atoms with Crippen LogP contribution in [0.1, 0.15) is 22.2 Å². The van der Waals surface area contributed by atoms with E-state index >= 15 is 0 Å². The fourth-order valence-corrected chi connectivity index (χ4v) is 1.18. The summed E-state index contributed by atoms with van der Waals surface area (Å²) in [5.41, 5.74) is 8.32. The van der Waals surface area contributed by atoms with Crippen LogP contribution in [-0.2, 0) is 0 Å². The Kier molecular flexibility index (Phi) is 4.41. The Balaban J connectivity index is 2.90. The van der Waals surface area contributed by atoms with Gasteiger partial charge in [0.25, 0.3) is 0 Å². The van der Waals surface area contributed by atoms with Crippen LogP contribution in [0.25, 0.3) is 10.4 Å². The number of rotatable bonds is 5. The predicted octanol–water partition coefficient (Wildman–Crippen LogP) is 0.599. The van der Waals surface area contributed by atoms with Gasteiger partial charge < -0.3 is 10.2 Å². The van der Waals surface area contributed by atoms with Crippen LogP contribution in [0.15, 0.2) is 23.4 Å². The van der Waals surface area contributed by atoms with Crippen molar-refractivity contribution in [2.45, 2.75) is 12.2 Å². The molecule has 0 fully saturated rings. The SMILES string of the molecule is [N-]=[N+]=NCC(O)C(O)c1ncccc1C=O. The monoisotopic (exact) mass is 222 g/mol. The van der Waals surface area contributed by atoms with Gasteiger partial charge in [0.15, 0.2) is 6.29 Å². The Morgan fingerprint density at radius 1 is 1.62 bits per heavy atom. The largest absolute Gasteiger partial charge is 0.390 e. The maximum absolute atomic E-state index is 10.7. The normalized spacial score (nSPS) is 13.6. The Morgan fingerprint density at radius 3 is 3.00 bits per heavy atom. The van der Waals surface area contributed by atoms with Crippen LogP contribution >= 0.6 is 0 Å². The second-order valence-corrected chi connectivity index (χ2v) is 3.02. The standard InChI is InChI=1S/C9H10N4O3/c10-13-12-4-7(15)9(16)8-6(5-14)2-1-3-11-8/h1-3,5,7,9,15-16H,4H2. The summed E-state index contributed by atoms with van der Waals surface area (Å²) in [5, 5.41) is 22.3. The van der Waals surface area contributed by atoms with E-state index in [1.54, 1.807) is 6.07 Å². The van der Waals surface area contributed by atoms with E-state index in [9.17, 15) is 15.0 Å². The third kappa shape index (κ3) is 2.77. The number of hydrogen-bond acceptors (Lipinski definition) is 5. The maximum Gasteiger partial charge on any atom is 0.151 e. The second-order valence-electron chi connectivity index (χ2n) is 3.02. The van der Waals surface area contributed by atoms with E-state index in [0.717, 1.165) is 0 Å². The lowest BCUT2D eigenvalue weighted by Crippen LogP contribution is -2.23. The number of nitrogens with zero attached hydrogens (tertiary/aromatic N) is 4. The van der Waals surface area contributed by atoms with Crippen LogP contribution in [0.3, 0.4) is 0 Å². The molecule has 16 heavy (non-hydrogen) atoms. The number of hydrogen-bond donors (Lipinski definition) is 2. The zero-order chi connectivity index (χ0) is 12.0. The van der Waals surface area contributed by atoms with Crippen molar-refractivity contribution in [3.63, 3.8) is 0 Å². The highest BCUT2D eigenvalue weighted by atomic mass is 16.3. The molecule has 0 saturated heterocycles. The van der Waals surface area contributed by atoms with Crippen molar-refractivity contribution in [1.82, 2.24) is 4.98 Å². The van der Waals surface area contributed by atoms with E-state index < -0.39 is 12.2 Å². The summed E-state index contributed by atoms with van der Waals surface area (Å²) in [7, 11) is 0. The Morgan fingerprint density at radius 2 is 2.38 bits per heavy atom. The number of carbonyl (C=O) groups excluding carboxylic acids is 1. The number of pyridine rings is 1. The van der Waals surface area contributed by atoms with Gasteiger partial charge in [0.05, 0.1) is 18.3 Å². The number of azide groups is 1. The first-order valence-corrected chi connectivity index (χ1v) is 4.47. The molecule has 7 nitrogen and oxygen atoms in total. The number of aldehydes is 1. The lowest BCUT2D eigenvalue weighted by atomic mass is 10.1. The summed E-state index contributed by atoms with van der Waals surface area (Å²) in [6.07, 6.45) is -0.714. The van der Waals surface area contributed by atoms with Crippen LogP contribution in [0.4, 0.5) is 0 Å². The molecule has 1 heterocycles. The highest BCUT2D eigenvalue weighted by Crippen LogP contribution is 2.17. The van der Waals surface area contributed by atoms with Crippen LogP contribution in [0, 0.1) is 0 Å². The quantitative estimate of drug-likeness (QED) is 0.328. The van der Waals surface area contributed by atoms with Gasteiger partial charge in [-0.3, -0.25) is 9.78 Å². The maximum atomic E-state index is 10.7. The third-order valence-corrected chi connectivity index (χ3v) is 1.97. The smallest absolute Gasteiger partial charge is 0.151 e. The van der Waals surface area contributed by atoms with E-state index in [0.29, 0.717) is 6.29 Å². The van der Waals surface area contributed by atoms with E-state index in [4.69, 9.17) is 5.53 Å². The first kappa shape index (κ1) is 12.1. The molecule has 2 atom stereocenters. The molecule has 0 aromatic carbocycles. The van der Waals surface area contributed by atoms with Gasteiger partial charge in [-0.1, -0.05) is 5.11 Å². The molecule has 84 valence electrons. The lowest BCUT2D eigenvalue weighted by molar-refractivity contribution is 0.0214. The minimum absolute atomic E-state index is 0.0677. The van der Waals surface area contributed by atoms with Gasteiger partial charge in [-0.25, -0.2) is 0 Å². The van der Waals surface area contributed by atoms with Gasteiger partial charge in [0, 0.05) is 16.7 Å². The average molecular weight is 222 g/mol. The van der Waals surface area contributed by atoms with Gasteiger partial charge in [0.1, 0.15) is 6.10 Å². The molecule has 0 amide bonds. The van der Waals surface area contributed by atoms with E-state index in [1.807, 2.05) is 0 Å². The summed E-state index contributed by atoms with van der Waals surface area (Å²) in [5.74, 6) is 0. The van der Waals surface area contributed by atoms with E-state index in [1.165, 1.54) is 12.3 Å². The van der Waals surface area contributed by atoms with Crippen molar-refractivity contribution in [2.24, 2.45) is 5.11 Å². The fourth-order valence-electron chi connectivity index (χ4n) is 1.18. The molecule has 0 aliphatic rings. The molecule has 0 spiro atoms. The first-order chi connectivity index (χ1) is 7.70. The second kappa shape index (κ2) is 5.82. The lowest BCUT2D eigenvalue weighted by Gasteiger charge is -2.16. The first-order valence-electron chi connectivity index (χ1n) is 4.47. The molecule has 0 saturated carbocycles. The van der Waals surface area contributed by atoms with Crippen molar-refractivity contribution < 1.29 is 15.0 Å². The van der Waals surface area contributed by atoms with Crippen molar-refractivity contribution in [3.8, 4) is 0 Å². The molecule has 0 aliphatic carbocycles. The van der Waals surface area contributed by atoms with E-state index in [-0.39, 0.29) is 17.8 Å². The topological polar surface area (TPSA) is 119 Å². The Labute approximate surface area is 91.0 Å². The van der Waals surface area contributed by atoms with Crippen LogP contribution in [-0.4, -0.2) is 34.1 Å². The molecule has 7 heteroatoms. The van der Waals surface area contributed by atoms with E-state index in [2.05, 4.69) is 15.0 Å². The molecule has 1 rings (SSSR count). The summed E-state index contributed by atoms with van der Waals surface area (Å²) in [6, 6.07) is 3.01. The zero-order valence-corrected chi connectivity index (χ0v) is 8.26. The number of aromatic nitrogens is 1.